The summed E-state index contributed by atoms with van der Waals surface area (Å²) >= 11 is 0. The predicted molar refractivity (Wildman–Crippen MR) is 49.1 cm³/mol. The molecule has 0 aromatic heterocycles. The second-order valence-corrected chi connectivity index (χ2v) is 4.54. The van der Waals surface area contributed by atoms with Gasteiger partial charge in [-0.1, -0.05) is 0 Å². The topological polar surface area (TPSA) is 49.4 Å². The molecule has 2 amide bonds. The molecule has 1 rings (SSSR count). The molecule has 0 aliphatic carbocycles. The van der Waals surface area contributed by atoms with Crippen molar-refractivity contribution in [2.45, 2.75) is 38.8 Å². The Morgan fingerprint density at radius 1 is 1.00 bits per heavy atom. The van der Waals surface area contributed by atoms with Crippen LogP contribution in [0.5, 0.6) is 0 Å². The fourth-order valence-electron chi connectivity index (χ4n) is 1.82. The van der Waals surface area contributed by atoms with Crippen molar-refractivity contribution in [1.29, 1.82) is 0 Å². The minimum atomic E-state index is -0.661. The summed E-state index contributed by atoms with van der Waals surface area (Å²) in [6, 6.07) is 0. The third-order valence-electron chi connectivity index (χ3n) is 2.30. The Balaban J connectivity index is 3.07. The van der Waals surface area contributed by atoms with Gasteiger partial charge < -0.3 is 0 Å². The Labute approximate surface area is 78.3 Å². The Hall–Kier alpha value is -0.900. The average molecular weight is 184 g/mol. The molecule has 0 saturated carbocycles. The molecule has 4 heteroatoms. The lowest BCUT2D eigenvalue weighted by molar-refractivity contribution is -0.157. The van der Waals surface area contributed by atoms with Gasteiger partial charge in [-0.2, -0.15) is 0 Å². The third kappa shape index (κ3) is 1.46. The summed E-state index contributed by atoms with van der Waals surface area (Å²) in [7, 11) is 1.52. The van der Waals surface area contributed by atoms with Crippen molar-refractivity contribution in [3.05, 3.63) is 0 Å². The first-order valence-corrected chi connectivity index (χ1v) is 4.30. The molecule has 0 bridgehead atoms. The second kappa shape index (κ2) is 2.54. The second-order valence-electron chi connectivity index (χ2n) is 4.54. The lowest BCUT2D eigenvalue weighted by atomic mass is 9.90. The number of likely N-dealkylation sites (N-methyl/N-ethyl adjacent to an activating group) is 1. The highest BCUT2D eigenvalue weighted by Gasteiger charge is 2.47. The monoisotopic (exact) mass is 184 g/mol. The summed E-state index contributed by atoms with van der Waals surface area (Å²) in [5.74, 6) is -0.367. The molecular weight excluding hydrogens is 168 g/mol. The molecular formula is C9H16N2O2. The van der Waals surface area contributed by atoms with Gasteiger partial charge in [0.1, 0.15) is 0 Å². The van der Waals surface area contributed by atoms with Gasteiger partial charge in [-0.15, -0.1) is 0 Å². The van der Waals surface area contributed by atoms with Crippen LogP contribution in [-0.4, -0.2) is 34.8 Å². The third-order valence-corrected chi connectivity index (χ3v) is 2.30. The number of carbonyl (C=O) groups is 2. The largest absolute Gasteiger partial charge is 0.290 e. The molecule has 0 aromatic rings. The van der Waals surface area contributed by atoms with E-state index in [-0.39, 0.29) is 11.8 Å². The molecule has 0 spiro atoms. The van der Waals surface area contributed by atoms with Gasteiger partial charge in [-0.3, -0.25) is 19.8 Å². The Morgan fingerprint density at radius 3 is 1.62 bits per heavy atom. The molecule has 1 heterocycles. The zero-order valence-corrected chi connectivity index (χ0v) is 8.76. The summed E-state index contributed by atoms with van der Waals surface area (Å²) in [6.45, 7) is 7.11. The van der Waals surface area contributed by atoms with Gasteiger partial charge >= 0.3 is 0 Å². The Morgan fingerprint density at radius 2 is 1.31 bits per heavy atom. The predicted octanol–water partition coefficient (Wildman–Crippen LogP) is 0.132. The number of piperazine rings is 1. The number of amides is 2. The number of hydrogen-bond donors (Lipinski definition) is 1. The van der Waals surface area contributed by atoms with E-state index in [1.54, 1.807) is 27.7 Å². The van der Waals surface area contributed by atoms with Gasteiger partial charge in [-0.05, 0) is 27.7 Å². The lowest BCUT2D eigenvalue weighted by Crippen LogP contribution is -2.71. The van der Waals surface area contributed by atoms with Gasteiger partial charge in [0.25, 0.3) is 0 Å². The maximum atomic E-state index is 11.6. The molecule has 4 nitrogen and oxygen atoms in total. The molecule has 1 fully saturated rings. The molecule has 0 radical (unpaired) electrons. The quantitative estimate of drug-likeness (QED) is 0.544. The van der Waals surface area contributed by atoms with Crippen LogP contribution in [0, 0.1) is 0 Å². The van der Waals surface area contributed by atoms with Crippen LogP contribution in [0.2, 0.25) is 0 Å². The highest BCUT2D eigenvalue weighted by Crippen LogP contribution is 2.21. The van der Waals surface area contributed by atoms with Crippen molar-refractivity contribution in [2.75, 3.05) is 7.05 Å². The van der Waals surface area contributed by atoms with Crippen molar-refractivity contribution < 1.29 is 9.59 Å². The highest BCUT2D eigenvalue weighted by molar-refractivity contribution is 6.05. The number of rotatable bonds is 0. The first-order valence-electron chi connectivity index (χ1n) is 4.30. The molecule has 0 unspecified atom stereocenters. The van der Waals surface area contributed by atoms with Gasteiger partial charge in [0.15, 0.2) is 0 Å². The first kappa shape index (κ1) is 10.2. The minimum Gasteiger partial charge on any atom is -0.290 e. The highest BCUT2D eigenvalue weighted by atomic mass is 16.2. The van der Waals surface area contributed by atoms with Gasteiger partial charge in [0, 0.05) is 7.05 Å². The zero-order chi connectivity index (χ0) is 10.4. The van der Waals surface area contributed by atoms with Crippen molar-refractivity contribution in [3.8, 4) is 0 Å². The van der Waals surface area contributed by atoms with E-state index in [9.17, 15) is 9.59 Å². The first-order chi connectivity index (χ1) is 5.68. The number of hydrogen-bond acceptors (Lipinski definition) is 3. The summed E-state index contributed by atoms with van der Waals surface area (Å²) in [5.41, 5.74) is -1.32. The van der Waals surface area contributed by atoms with Gasteiger partial charge in [0.05, 0.1) is 11.1 Å². The average Bonchev–Trinajstić information content (AvgIpc) is 1.96. The van der Waals surface area contributed by atoms with Gasteiger partial charge in [0.2, 0.25) is 11.8 Å². The van der Waals surface area contributed by atoms with Crippen LogP contribution < -0.4 is 5.32 Å². The van der Waals surface area contributed by atoms with Crippen molar-refractivity contribution in [1.82, 2.24) is 10.2 Å². The van der Waals surface area contributed by atoms with Crippen LogP contribution in [0.4, 0.5) is 0 Å². The number of imide groups is 1. The van der Waals surface area contributed by atoms with E-state index in [2.05, 4.69) is 5.32 Å². The molecule has 74 valence electrons. The Bertz CT molecular complexity index is 243. The fraction of sp³-hybridized carbons (Fsp3) is 0.778. The smallest absolute Gasteiger partial charge is 0.248 e. The van der Waals surface area contributed by atoms with Crippen molar-refractivity contribution in [2.24, 2.45) is 0 Å². The van der Waals surface area contributed by atoms with E-state index in [0.29, 0.717) is 0 Å². The lowest BCUT2D eigenvalue weighted by Gasteiger charge is -2.43. The van der Waals surface area contributed by atoms with Crippen LogP contribution in [0.1, 0.15) is 27.7 Å². The summed E-state index contributed by atoms with van der Waals surface area (Å²) in [5, 5.41) is 3.02. The molecule has 0 atom stereocenters. The van der Waals surface area contributed by atoms with Crippen molar-refractivity contribution in [3.63, 3.8) is 0 Å². The SMILES string of the molecule is CN1C(=O)C(C)(C)NC(C)(C)C1=O. The molecule has 1 aliphatic rings. The molecule has 1 N–H and O–H groups in total. The molecule has 0 aromatic carbocycles. The van der Waals surface area contributed by atoms with E-state index in [4.69, 9.17) is 0 Å². The van der Waals surface area contributed by atoms with Crippen LogP contribution in [-0.2, 0) is 9.59 Å². The summed E-state index contributed by atoms with van der Waals surface area (Å²) in [4.78, 5) is 24.4. The summed E-state index contributed by atoms with van der Waals surface area (Å²) in [6.07, 6.45) is 0. The van der Waals surface area contributed by atoms with E-state index in [1.165, 1.54) is 11.9 Å². The fourth-order valence-corrected chi connectivity index (χ4v) is 1.82. The zero-order valence-electron chi connectivity index (χ0n) is 8.76. The van der Waals surface area contributed by atoms with E-state index in [1.807, 2.05) is 0 Å². The number of nitrogens with one attached hydrogen (secondary N) is 1. The van der Waals surface area contributed by atoms with E-state index < -0.39 is 11.1 Å². The molecule has 1 saturated heterocycles. The van der Waals surface area contributed by atoms with Crippen molar-refractivity contribution >= 4 is 11.8 Å². The molecule has 13 heavy (non-hydrogen) atoms. The van der Waals surface area contributed by atoms with E-state index >= 15 is 0 Å². The maximum Gasteiger partial charge on any atom is 0.248 e. The van der Waals surface area contributed by atoms with Crippen LogP contribution >= 0.6 is 0 Å². The Kier molecular flexibility index (Phi) is 1.99. The summed E-state index contributed by atoms with van der Waals surface area (Å²) < 4.78 is 0. The number of nitrogens with zero attached hydrogens (tertiary/aromatic N) is 1. The van der Waals surface area contributed by atoms with Crippen LogP contribution in [0.15, 0.2) is 0 Å². The van der Waals surface area contributed by atoms with Gasteiger partial charge in [-0.25, -0.2) is 0 Å². The standard InChI is InChI=1S/C9H16N2O2/c1-8(2)6(12)11(5)7(13)9(3,4)10-8/h10H,1-5H3. The van der Waals surface area contributed by atoms with E-state index in [0.717, 1.165) is 0 Å². The maximum absolute atomic E-state index is 11.6. The normalized spacial score (nSPS) is 26.4. The minimum absolute atomic E-state index is 0.183. The number of carbonyl (C=O) groups excluding carboxylic acids is 2. The molecule has 1 aliphatic heterocycles. The van der Waals surface area contributed by atoms with Crippen LogP contribution in [0.25, 0.3) is 0 Å². The van der Waals surface area contributed by atoms with Crippen LogP contribution in [0.3, 0.4) is 0 Å².